The minimum absolute atomic E-state index is 0.000561. The Balaban J connectivity index is 1.64. The van der Waals surface area contributed by atoms with Crippen LogP contribution in [0.5, 0.6) is 0 Å². The third-order valence-corrected chi connectivity index (χ3v) is 7.42. The molecule has 0 bridgehead atoms. The molecule has 0 spiro atoms. The lowest BCUT2D eigenvalue weighted by Crippen LogP contribution is -2.24. The van der Waals surface area contributed by atoms with Gasteiger partial charge < -0.3 is 10.1 Å². The highest BCUT2D eigenvalue weighted by Crippen LogP contribution is 2.42. The molecule has 4 rings (SSSR count). The second-order valence-electron chi connectivity index (χ2n) is 8.55. The van der Waals surface area contributed by atoms with Crippen LogP contribution in [0.2, 0.25) is 0 Å². The number of fused-ring (bicyclic) bond motifs is 1. The molecule has 3 aromatic carbocycles. The lowest BCUT2D eigenvalue weighted by molar-refractivity contribution is 0.0497. The second-order valence-corrected chi connectivity index (χ2v) is 10.2. The molecule has 0 saturated heterocycles. The summed E-state index contributed by atoms with van der Waals surface area (Å²) in [6, 6.07) is 18.7. The van der Waals surface area contributed by atoms with Crippen LogP contribution in [0.4, 0.5) is 11.4 Å². The van der Waals surface area contributed by atoms with Gasteiger partial charge in [-0.1, -0.05) is 30.3 Å². The van der Waals surface area contributed by atoms with Crippen LogP contribution >= 0.6 is 0 Å². The highest BCUT2D eigenvalue weighted by Gasteiger charge is 2.30. The smallest absolute Gasteiger partial charge is 0.261 e. The maximum absolute atomic E-state index is 13.1. The normalized spacial score (nSPS) is 17.2. The Labute approximate surface area is 205 Å². The SMILES string of the molecule is CCO[C@H]1CC(c2cccc(C(C)=O)c2)Nc2ccc(S(=O)(=O)Nc3cccc(C(C)=O)c3)cc21. The zero-order valence-corrected chi connectivity index (χ0v) is 20.7. The fraction of sp³-hybridized carbons (Fsp3) is 0.259. The molecule has 0 fully saturated rings. The molecule has 182 valence electrons. The van der Waals surface area contributed by atoms with Crippen LogP contribution < -0.4 is 10.0 Å². The van der Waals surface area contributed by atoms with Crippen molar-refractivity contribution in [2.75, 3.05) is 16.6 Å². The molecule has 1 heterocycles. The number of nitrogens with one attached hydrogen (secondary N) is 2. The predicted octanol–water partition coefficient (Wildman–Crippen LogP) is 5.53. The van der Waals surface area contributed by atoms with Gasteiger partial charge in [0.05, 0.1) is 17.0 Å². The van der Waals surface area contributed by atoms with E-state index < -0.39 is 10.0 Å². The van der Waals surface area contributed by atoms with Crippen LogP contribution in [-0.2, 0) is 14.8 Å². The number of hydrogen-bond acceptors (Lipinski definition) is 6. The highest BCUT2D eigenvalue weighted by molar-refractivity contribution is 7.92. The number of ether oxygens (including phenoxy) is 1. The van der Waals surface area contributed by atoms with Crippen molar-refractivity contribution in [3.05, 3.63) is 89.0 Å². The van der Waals surface area contributed by atoms with Crippen molar-refractivity contribution in [3.8, 4) is 0 Å². The molecule has 35 heavy (non-hydrogen) atoms. The lowest BCUT2D eigenvalue weighted by atomic mass is 9.90. The van der Waals surface area contributed by atoms with E-state index in [-0.39, 0.29) is 28.6 Å². The first-order chi connectivity index (χ1) is 16.7. The minimum atomic E-state index is -3.89. The number of hydrogen-bond donors (Lipinski definition) is 2. The maximum Gasteiger partial charge on any atom is 0.261 e. The average Bonchev–Trinajstić information content (AvgIpc) is 2.83. The first-order valence-electron chi connectivity index (χ1n) is 11.4. The van der Waals surface area contributed by atoms with Gasteiger partial charge in [-0.25, -0.2) is 8.42 Å². The van der Waals surface area contributed by atoms with Crippen molar-refractivity contribution in [1.82, 2.24) is 0 Å². The molecule has 7 nitrogen and oxygen atoms in total. The molecule has 2 atom stereocenters. The van der Waals surface area contributed by atoms with E-state index in [9.17, 15) is 18.0 Å². The number of benzene rings is 3. The van der Waals surface area contributed by atoms with E-state index in [1.54, 1.807) is 42.5 Å². The van der Waals surface area contributed by atoms with Gasteiger partial charge in [0.15, 0.2) is 11.6 Å². The Morgan fingerprint density at radius 3 is 2.34 bits per heavy atom. The third kappa shape index (κ3) is 5.44. The summed E-state index contributed by atoms with van der Waals surface area (Å²) in [6.45, 7) is 5.34. The average molecular weight is 493 g/mol. The van der Waals surface area contributed by atoms with Crippen LogP contribution in [0.1, 0.15) is 71.2 Å². The molecule has 0 aliphatic carbocycles. The summed E-state index contributed by atoms with van der Waals surface area (Å²) < 4.78 is 34.8. The van der Waals surface area contributed by atoms with E-state index in [0.29, 0.717) is 29.8 Å². The summed E-state index contributed by atoms with van der Waals surface area (Å²) >= 11 is 0. The Bertz CT molecular complexity index is 1380. The zero-order valence-electron chi connectivity index (χ0n) is 19.9. The predicted molar refractivity (Wildman–Crippen MR) is 135 cm³/mol. The fourth-order valence-corrected chi connectivity index (χ4v) is 5.35. The number of Topliss-reactive ketones (excluding diaryl/α,β-unsaturated/α-hetero) is 2. The van der Waals surface area contributed by atoms with E-state index in [0.717, 1.165) is 16.8 Å². The van der Waals surface area contributed by atoms with Crippen LogP contribution in [0.25, 0.3) is 0 Å². The second kappa shape index (κ2) is 10.0. The zero-order chi connectivity index (χ0) is 25.2. The van der Waals surface area contributed by atoms with Crippen molar-refractivity contribution in [2.24, 2.45) is 0 Å². The molecule has 2 N–H and O–H groups in total. The Morgan fingerprint density at radius 1 is 0.971 bits per heavy atom. The number of anilines is 2. The molecule has 0 saturated carbocycles. The molecule has 8 heteroatoms. The first kappa shape index (κ1) is 24.6. The van der Waals surface area contributed by atoms with Gasteiger partial charge in [-0.15, -0.1) is 0 Å². The standard InChI is InChI=1S/C27H28N2O5S/c1-4-34-27-16-26(21-9-5-7-19(13-21)17(2)30)28-25-12-11-23(15-24(25)27)35(32,33)29-22-10-6-8-20(14-22)18(3)31/h5-15,26-29H,4,16H2,1-3H3/t26?,27-/m0/s1. The Kier molecular flexibility index (Phi) is 7.05. The van der Waals surface area contributed by atoms with Crippen molar-refractivity contribution in [3.63, 3.8) is 0 Å². The number of rotatable bonds is 8. The van der Waals surface area contributed by atoms with Crippen molar-refractivity contribution in [1.29, 1.82) is 0 Å². The molecule has 1 aliphatic rings. The van der Waals surface area contributed by atoms with Crippen molar-refractivity contribution in [2.45, 2.75) is 44.2 Å². The molecule has 0 amide bonds. The summed E-state index contributed by atoms with van der Waals surface area (Å²) in [7, 11) is -3.89. The first-order valence-corrected chi connectivity index (χ1v) is 12.9. The van der Waals surface area contributed by atoms with Crippen LogP contribution in [-0.4, -0.2) is 26.6 Å². The Morgan fingerprint density at radius 2 is 1.66 bits per heavy atom. The summed E-state index contributed by atoms with van der Waals surface area (Å²) in [5, 5.41) is 3.47. The van der Waals surface area contributed by atoms with E-state index in [2.05, 4.69) is 10.0 Å². The van der Waals surface area contributed by atoms with Gasteiger partial charge in [-0.2, -0.15) is 0 Å². The Hall–Kier alpha value is -3.49. The van der Waals surface area contributed by atoms with Gasteiger partial charge >= 0.3 is 0 Å². The summed E-state index contributed by atoms with van der Waals surface area (Å²) in [4.78, 5) is 23.6. The minimum Gasteiger partial charge on any atom is -0.378 e. The summed E-state index contributed by atoms with van der Waals surface area (Å²) in [5.41, 5.74) is 3.90. The molecular formula is C27H28N2O5S. The van der Waals surface area contributed by atoms with Crippen LogP contribution in [0, 0.1) is 0 Å². The monoisotopic (exact) mass is 492 g/mol. The number of sulfonamides is 1. The molecule has 0 radical (unpaired) electrons. The van der Waals surface area contributed by atoms with E-state index in [1.165, 1.54) is 19.9 Å². The maximum atomic E-state index is 13.1. The summed E-state index contributed by atoms with van der Waals surface area (Å²) in [5.74, 6) is -0.144. The third-order valence-electron chi connectivity index (χ3n) is 6.04. The van der Waals surface area contributed by atoms with Gasteiger partial charge in [0.2, 0.25) is 0 Å². The van der Waals surface area contributed by atoms with E-state index in [4.69, 9.17) is 4.74 Å². The van der Waals surface area contributed by atoms with E-state index >= 15 is 0 Å². The number of carbonyl (C=O) groups is 2. The van der Waals surface area contributed by atoms with Gasteiger partial charge in [-0.3, -0.25) is 14.3 Å². The van der Waals surface area contributed by atoms with E-state index in [1.807, 2.05) is 25.1 Å². The van der Waals surface area contributed by atoms with Crippen molar-refractivity contribution >= 4 is 33.0 Å². The van der Waals surface area contributed by atoms with Gasteiger partial charge in [0.1, 0.15) is 0 Å². The quantitative estimate of drug-likeness (QED) is 0.401. The largest absolute Gasteiger partial charge is 0.378 e. The van der Waals surface area contributed by atoms with Gasteiger partial charge in [-0.05, 0) is 62.7 Å². The highest BCUT2D eigenvalue weighted by atomic mass is 32.2. The molecule has 1 aliphatic heterocycles. The molecule has 1 unspecified atom stereocenters. The molecule has 3 aromatic rings. The summed E-state index contributed by atoms with van der Waals surface area (Å²) in [6.07, 6.45) is 0.262. The van der Waals surface area contributed by atoms with Crippen molar-refractivity contribution < 1.29 is 22.7 Å². The topological polar surface area (TPSA) is 102 Å². The fourth-order valence-electron chi connectivity index (χ4n) is 4.26. The number of ketones is 2. The molecular weight excluding hydrogens is 464 g/mol. The lowest BCUT2D eigenvalue weighted by Gasteiger charge is -2.33. The van der Waals surface area contributed by atoms with Crippen LogP contribution in [0.15, 0.2) is 71.6 Å². The van der Waals surface area contributed by atoms with Gasteiger partial charge in [0, 0.05) is 41.1 Å². The number of carbonyl (C=O) groups excluding carboxylic acids is 2. The molecule has 0 aromatic heterocycles. The van der Waals surface area contributed by atoms with Gasteiger partial charge in [0.25, 0.3) is 10.0 Å². The van der Waals surface area contributed by atoms with Crippen LogP contribution in [0.3, 0.4) is 0 Å².